The van der Waals surface area contributed by atoms with Gasteiger partial charge in [-0.3, -0.25) is 0 Å². The van der Waals surface area contributed by atoms with Gasteiger partial charge in [-0.1, -0.05) is 13.3 Å². The van der Waals surface area contributed by atoms with Crippen molar-refractivity contribution in [3.63, 3.8) is 0 Å². The first-order chi connectivity index (χ1) is 10.8. The molecule has 0 bridgehead atoms. The predicted octanol–water partition coefficient (Wildman–Crippen LogP) is 2.06. The summed E-state index contributed by atoms with van der Waals surface area (Å²) in [7, 11) is 0. The number of rotatable bonds is 6. The molecule has 0 fully saturated rings. The van der Waals surface area contributed by atoms with E-state index in [1.165, 1.54) is 0 Å². The van der Waals surface area contributed by atoms with Gasteiger partial charge < -0.3 is 15.6 Å². The summed E-state index contributed by atoms with van der Waals surface area (Å²) >= 11 is 0. The molecule has 0 atom stereocenters. The lowest BCUT2D eigenvalue weighted by molar-refractivity contribution is 0.768. The summed E-state index contributed by atoms with van der Waals surface area (Å²) < 4.78 is 2.04. The maximum absolute atomic E-state index is 5.79. The predicted molar refractivity (Wildman–Crippen MR) is 86.5 cm³/mol. The van der Waals surface area contributed by atoms with Crippen LogP contribution in [0.3, 0.4) is 0 Å². The van der Waals surface area contributed by atoms with Crippen LogP contribution in [0.4, 0.5) is 11.8 Å². The zero-order valence-electron chi connectivity index (χ0n) is 12.5. The minimum Gasteiger partial charge on any atom is -0.368 e. The summed E-state index contributed by atoms with van der Waals surface area (Å²) in [6, 6.07) is 3.74. The van der Waals surface area contributed by atoms with Gasteiger partial charge in [-0.15, -0.1) is 0 Å². The lowest BCUT2D eigenvalue weighted by Crippen LogP contribution is -2.09. The molecule has 0 aliphatic carbocycles. The second-order valence-electron chi connectivity index (χ2n) is 5.05. The molecule has 0 unspecified atom stereocenters. The summed E-state index contributed by atoms with van der Waals surface area (Å²) in [6.45, 7) is 3.58. The number of unbranched alkanes of at least 4 members (excludes halogenated alkanes) is 1. The van der Waals surface area contributed by atoms with Crippen LogP contribution in [0.15, 0.2) is 30.7 Å². The molecule has 0 amide bonds. The van der Waals surface area contributed by atoms with Crippen LogP contribution in [0.1, 0.15) is 25.6 Å². The molecule has 3 heterocycles. The molecule has 0 saturated heterocycles. The third kappa shape index (κ3) is 2.98. The van der Waals surface area contributed by atoms with Crippen molar-refractivity contribution in [2.45, 2.75) is 26.3 Å². The summed E-state index contributed by atoms with van der Waals surface area (Å²) in [5.74, 6) is 1.79. The van der Waals surface area contributed by atoms with E-state index in [1.54, 1.807) is 18.5 Å². The van der Waals surface area contributed by atoms with Gasteiger partial charge in [0.05, 0.1) is 12.1 Å². The number of hydrogen-bond donors (Lipinski definition) is 2. The van der Waals surface area contributed by atoms with Crippen LogP contribution >= 0.6 is 0 Å². The number of hydrogen-bond acceptors (Lipinski definition) is 6. The standard InChI is InChI=1S/C15H19N7/c1-2-3-6-19-14-13-11(20-15(16)21-14)5-9-22(13)10-12-17-7-4-8-18-12/h4-5,7-9H,2-3,6,10H2,1H3,(H3,16,19,20,21). The van der Waals surface area contributed by atoms with Gasteiger partial charge in [0.15, 0.2) is 5.82 Å². The average Bonchev–Trinajstić information content (AvgIpc) is 2.91. The van der Waals surface area contributed by atoms with E-state index in [-0.39, 0.29) is 5.95 Å². The molecule has 0 spiro atoms. The van der Waals surface area contributed by atoms with E-state index in [9.17, 15) is 0 Å². The summed E-state index contributed by atoms with van der Waals surface area (Å²) in [5.41, 5.74) is 7.54. The Morgan fingerprint density at radius 1 is 1.23 bits per heavy atom. The van der Waals surface area contributed by atoms with Gasteiger partial charge in [0.25, 0.3) is 0 Å². The second kappa shape index (κ2) is 6.38. The van der Waals surface area contributed by atoms with E-state index in [0.717, 1.165) is 42.1 Å². The Labute approximate surface area is 128 Å². The number of aromatic nitrogens is 5. The molecule has 114 valence electrons. The van der Waals surface area contributed by atoms with Gasteiger partial charge in [0.2, 0.25) is 5.95 Å². The molecule has 0 saturated carbocycles. The van der Waals surface area contributed by atoms with Crippen molar-refractivity contribution in [1.82, 2.24) is 24.5 Å². The quantitative estimate of drug-likeness (QED) is 0.676. The third-order valence-corrected chi connectivity index (χ3v) is 3.38. The molecule has 3 rings (SSSR count). The lowest BCUT2D eigenvalue weighted by atomic mass is 10.3. The Bertz CT molecular complexity index is 751. The van der Waals surface area contributed by atoms with Crippen LogP contribution in [0.2, 0.25) is 0 Å². The molecule has 0 aromatic carbocycles. The largest absolute Gasteiger partial charge is 0.368 e. The van der Waals surface area contributed by atoms with Crippen molar-refractivity contribution in [3.8, 4) is 0 Å². The highest BCUT2D eigenvalue weighted by molar-refractivity contribution is 5.87. The van der Waals surface area contributed by atoms with Crippen LogP contribution in [0, 0.1) is 0 Å². The smallest absolute Gasteiger partial charge is 0.222 e. The Hall–Kier alpha value is -2.70. The number of nitrogens with one attached hydrogen (secondary N) is 1. The van der Waals surface area contributed by atoms with E-state index >= 15 is 0 Å². The zero-order chi connectivity index (χ0) is 15.4. The highest BCUT2D eigenvalue weighted by Gasteiger charge is 2.12. The molecule has 7 heteroatoms. The molecular formula is C15H19N7. The van der Waals surface area contributed by atoms with Crippen molar-refractivity contribution in [3.05, 3.63) is 36.5 Å². The average molecular weight is 297 g/mol. The minimum absolute atomic E-state index is 0.278. The van der Waals surface area contributed by atoms with Crippen molar-refractivity contribution < 1.29 is 0 Å². The number of anilines is 2. The van der Waals surface area contributed by atoms with E-state index in [2.05, 4.69) is 32.2 Å². The fourth-order valence-electron chi connectivity index (χ4n) is 2.33. The molecule has 22 heavy (non-hydrogen) atoms. The fourth-order valence-corrected chi connectivity index (χ4v) is 2.33. The number of fused-ring (bicyclic) bond motifs is 1. The topological polar surface area (TPSA) is 94.5 Å². The van der Waals surface area contributed by atoms with E-state index in [1.807, 2.05) is 16.8 Å². The highest BCUT2D eigenvalue weighted by Crippen LogP contribution is 2.23. The van der Waals surface area contributed by atoms with E-state index in [4.69, 9.17) is 5.73 Å². The molecule has 3 aromatic heterocycles. The fraction of sp³-hybridized carbons (Fsp3) is 0.333. The SMILES string of the molecule is CCCCNc1nc(N)nc2ccn(Cc3ncccn3)c12. The highest BCUT2D eigenvalue weighted by atomic mass is 15.1. The van der Waals surface area contributed by atoms with Crippen molar-refractivity contribution in [1.29, 1.82) is 0 Å². The molecule has 0 radical (unpaired) electrons. The molecule has 7 nitrogen and oxygen atoms in total. The monoisotopic (exact) mass is 297 g/mol. The summed E-state index contributed by atoms with van der Waals surface area (Å²) in [4.78, 5) is 17.2. The first-order valence-electron chi connectivity index (χ1n) is 7.40. The van der Waals surface area contributed by atoms with Crippen molar-refractivity contribution in [2.75, 3.05) is 17.6 Å². The normalized spacial score (nSPS) is 11.0. The van der Waals surface area contributed by atoms with Gasteiger partial charge >= 0.3 is 0 Å². The Morgan fingerprint density at radius 2 is 2.05 bits per heavy atom. The first kappa shape index (κ1) is 14.2. The number of nitrogen functional groups attached to an aromatic ring is 1. The van der Waals surface area contributed by atoms with E-state index in [0.29, 0.717) is 6.54 Å². The zero-order valence-corrected chi connectivity index (χ0v) is 12.5. The van der Waals surface area contributed by atoms with Crippen LogP contribution in [-0.2, 0) is 6.54 Å². The molecule has 0 aliphatic heterocycles. The van der Waals surface area contributed by atoms with Gasteiger partial charge in [0, 0.05) is 25.1 Å². The summed E-state index contributed by atoms with van der Waals surface area (Å²) in [5, 5.41) is 3.35. The lowest BCUT2D eigenvalue weighted by Gasteiger charge is -2.10. The van der Waals surface area contributed by atoms with Crippen molar-refractivity contribution >= 4 is 22.8 Å². The second-order valence-corrected chi connectivity index (χ2v) is 5.05. The Balaban J connectivity index is 1.96. The Morgan fingerprint density at radius 3 is 2.82 bits per heavy atom. The van der Waals surface area contributed by atoms with E-state index < -0.39 is 0 Å². The molecule has 0 aliphatic rings. The molecule has 3 N–H and O–H groups in total. The van der Waals surface area contributed by atoms with Gasteiger partial charge in [0.1, 0.15) is 11.3 Å². The third-order valence-electron chi connectivity index (χ3n) is 3.38. The number of nitrogens with two attached hydrogens (primary N) is 1. The minimum atomic E-state index is 0.278. The van der Waals surface area contributed by atoms with Gasteiger partial charge in [-0.2, -0.15) is 4.98 Å². The van der Waals surface area contributed by atoms with Crippen LogP contribution in [-0.4, -0.2) is 31.0 Å². The van der Waals surface area contributed by atoms with Crippen molar-refractivity contribution in [2.24, 2.45) is 0 Å². The first-order valence-corrected chi connectivity index (χ1v) is 7.40. The number of nitrogens with zero attached hydrogens (tertiary/aromatic N) is 5. The molecule has 3 aromatic rings. The maximum atomic E-state index is 5.79. The van der Waals surface area contributed by atoms with Crippen LogP contribution in [0.5, 0.6) is 0 Å². The van der Waals surface area contributed by atoms with Gasteiger partial charge in [-0.05, 0) is 18.6 Å². The van der Waals surface area contributed by atoms with Crippen LogP contribution in [0.25, 0.3) is 11.0 Å². The maximum Gasteiger partial charge on any atom is 0.222 e. The van der Waals surface area contributed by atoms with Crippen LogP contribution < -0.4 is 11.1 Å². The summed E-state index contributed by atoms with van der Waals surface area (Å²) in [6.07, 6.45) is 7.63. The van der Waals surface area contributed by atoms with Gasteiger partial charge in [-0.25, -0.2) is 15.0 Å². The Kier molecular flexibility index (Phi) is 4.13. The molecular weight excluding hydrogens is 278 g/mol.